The lowest BCUT2D eigenvalue weighted by Gasteiger charge is -2.17. The molecule has 0 aromatic heterocycles. The van der Waals surface area contributed by atoms with Crippen molar-refractivity contribution in [3.8, 4) is 11.5 Å². The molecule has 0 aliphatic heterocycles. The van der Waals surface area contributed by atoms with E-state index in [1.54, 1.807) is 24.9 Å². The summed E-state index contributed by atoms with van der Waals surface area (Å²) in [5.41, 5.74) is 1.25. The van der Waals surface area contributed by atoms with Crippen molar-refractivity contribution in [2.24, 2.45) is 0 Å². The zero-order chi connectivity index (χ0) is 18.1. The summed E-state index contributed by atoms with van der Waals surface area (Å²) in [6.45, 7) is 4.61. The van der Waals surface area contributed by atoms with Crippen LogP contribution in [0.5, 0.6) is 11.5 Å². The molecule has 25 heavy (non-hydrogen) atoms. The van der Waals surface area contributed by atoms with Crippen LogP contribution in [0.1, 0.15) is 18.9 Å². The third kappa shape index (κ3) is 6.35. The highest BCUT2D eigenvalue weighted by molar-refractivity contribution is 7.99. The molecule has 2 rings (SSSR count). The van der Waals surface area contributed by atoms with E-state index in [2.05, 4.69) is 36.5 Å². The Morgan fingerprint density at radius 3 is 2.56 bits per heavy atom. The second kappa shape index (κ2) is 9.99. The van der Waals surface area contributed by atoms with E-state index in [1.807, 2.05) is 25.1 Å². The van der Waals surface area contributed by atoms with Gasteiger partial charge in [0.2, 0.25) is 0 Å². The maximum Gasteiger partial charge on any atom is 0.261 e. The lowest BCUT2D eigenvalue weighted by Crippen LogP contribution is -2.39. The van der Waals surface area contributed by atoms with Gasteiger partial charge < -0.3 is 14.8 Å². The van der Waals surface area contributed by atoms with Gasteiger partial charge in [0.25, 0.3) is 5.91 Å². The predicted octanol–water partition coefficient (Wildman–Crippen LogP) is 4.07. The standard InChI is InChI=1S/C20H25NO3S/c1-4-19(24-17-7-5-6-16(14-17)23-3)20(22)21-12-13-25-18-10-8-15(2)9-11-18/h5-11,14,19H,4,12-13H2,1-3H3,(H,21,22)/t19-/m0/s1. The maximum atomic E-state index is 12.3. The summed E-state index contributed by atoms with van der Waals surface area (Å²) in [6, 6.07) is 15.7. The molecule has 1 atom stereocenters. The lowest BCUT2D eigenvalue weighted by atomic mass is 10.2. The van der Waals surface area contributed by atoms with Crippen molar-refractivity contribution in [2.75, 3.05) is 19.4 Å². The smallest absolute Gasteiger partial charge is 0.261 e. The number of hydrogen-bond acceptors (Lipinski definition) is 4. The van der Waals surface area contributed by atoms with Gasteiger partial charge in [0.15, 0.2) is 6.10 Å². The summed E-state index contributed by atoms with van der Waals surface area (Å²) < 4.78 is 11.0. The van der Waals surface area contributed by atoms with Crippen LogP contribution in [0, 0.1) is 6.92 Å². The van der Waals surface area contributed by atoms with Crippen molar-refractivity contribution in [3.05, 3.63) is 54.1 Å². The fourth-order valence-corrected chi connectivity index (χ4v) is 3.02. The molecular weight excluding hydrogens is 334 g/mol. The average molecular weight is 359 g/mol. The highest BCUT2D eigenvalue weighted by Gasteiger charge is 2.18. The van der Waals surface area contributed by atoms with Crippen molar-refractivity contribution < 1.29 is 14.3 Å². The normalized spacial score (nSPS) is 11.6. The van der Waals surface area contributed by atoms with Gasteiger partial charge in [-0.3, -0.25) is 4.79 Å². The molecule has 1 N–H and O–H groups in total. The van der Waals surface area contributed by atoms with Crippen LogP contribution in [0.25, 0.3) is 0 Å². The summed E-state index contributed by atoms with van der Waals surface area (Å²) in [7, 11) is 1.61. The van der Waals surface area contributed by atoms with Crippen LogP contribution in [0.15, 0.2) is 53.4 Å². The largest absolute Gasteiger partial charge is 0.497 e. The Hall–Kier alpha value is -2.14. The van der Waals surface area contributed by atoms with Crippen LogP contribution in [0.4, 0.5) is 0 Å². The number of methoxy groups -OCH3 is 1. The summed E-state index contributed by atoms with van der Waals surface area (Å²) in [5.74, 6) is 2.08. The van der Waals surface area contributed by atoms with Gasteiger partial charge in [-0.25, -0.2) is 0 Å². The van der Waals surface area contributed by atoms with E-state index in [0.717, 1.165) is 5.75 Å². The number of carbonyl (C=O) groups excluding carboxylic acids is 1. The Morgan fingerprint density at radius 1 is 1.16 bits per heavy atom. The molecule has 0 radical (unpaired) electrons. The van der Waals surface area contributed by atoms with Crippen molar-refractivity contribution in [1.82, 2.24) is 5.32 Å². The minimum Gasteiger partial charge on any atom is -0.497 e. The first-order valence-electron chi connectivity index (χ1n) is 8.40. The number of amides is 1. The molecule has 0 heterocycles. The van der Waals surface area contributed by atoms with Gasteiger partial charge >= 0.3 is 0 Å². The van der Waals surface area contributed by atoms with Gasteiger partial charge in [-0.15, -0.1) is 11.8 Å². The molecular formula is C20H25NO3S. The number of benzene rings is 2. The fourth-order valence-electron chi connectivity index (χ4n) is 2.25. The van der Waals surface area contributed by atoms with Crippen LogP contribution in [-0.2, 0) is 4.79 Å². The topological polar surface area (TPSA) is 47.6 Å². The predicted molar refractivity (Wildman–Crippen MR) is 103 cm³/mol. The van der Waals surface area contributed by atoms with Crippen LogP contribution >= 0.6 is 11.8 Å². The van der Waals surface area contributed by atoms with E-state index in [-0.39, 0.29) is 5.91 Å². The summed E-state index contributed by atoms with van der Waals surface area (Å²) in [6.07, 6.45) is 0.102. The number of rotatable bonds is 9. The Balaban J connectivity index is 1.78. The molecule has 0 unspecified atom stereocenters. The first kappa shape index (κ1) is 19.2. The van der Waals surface area contributed by atoms with Gasteiger partial charge in [-0.05, 0) is 37.6 Å². The summed E-state index contributed by atoms with van der Waals surface area (Å²) in [5, 5.41) is 2.95. The van der Waals surface area contributed by atoms with Crippen LogP contribution < -0.4 is 14.8 Å². The van der Waals surface area contributed by atoms with Gasteiger partial charge in [-0.1, -0.05) is 30.7 Å². The monoisotopic (exact) mass is 359 g/mol. The van der Waals surface area contributed by atoms with Crippen molar-refractivity contribution >= 4 is 17.7 Å². The number of ether oxygens (including phenoxy) is 2. The minimum absolute atomic E-state index is 0.0881. The number of carbonyl (C=O) groups is 1. The molecule has 134 valence electrons. The Labute approximate surface area is 153 Å². The van der Waals surface area contributed by atoms with E-state index in [0.29, 0.717) is 24.5 Å². The van der Waals surface area contributed by atoms with E-state index in [4.69, 9.17) is 9.47 Å². The molecule has 0 aliphatic rings. The molecule has 0 saturated carbocycles. The summed E-state index contributed by atoms with van der Waals surface area (Å²) in [4.78, 5) is 13.5. The van der Waals surface area contributed by atoms with Gasteiger partial charge in [0.1, 0.15) is 11.5 Å². The summed E-state index contributed by atoms with van der Waals surface area (Å²) >= 11 is 1.73. The second-order valence-electron chi connectivity index (χ2n) is 5.65. The van der Waals surface area contributed by atoms with Crippen LogP contribution in [-0.4, -0.2) is 31.4 Å². The van der Waals surface area contributed by atoms with Crippen LogP contribution in [0.3, 0.4) is 0 Å². The van der Waals surface area contributed by atoms with Crippen molar-refractivity contribution in [2.45, 2.75) is 31.3 Å². The molecule has 4 nitrogen and oxygen atoms in total. The zero-order valence-electron chi connectivity index (χ0n) is 15.0. The van der Waals surface area contributed by atoms with Gasteiger partial charge in [0, 0.05) is 23.3 Å². The lowest BCUT2D eigenvalue weighted by molar-refractivity contribution is -0.127. The first-order valence-corrected chi connectivity index (χ1v) is 9.39. The van der Waals surface area contributed by atoms with Crippen molar-refractivity contribution in [1.29, 1.82) is 0 Å². The average Bonchev–Trinajstić information content (AvgIpc) is 2.64. The van der Waals surface area contributed by atoms with Crippen LogP contribution in [0.2, 0.25) is 0 Å². The van der Waals surface area contributed by atoms with E-state index < -0.39 is 6.10 Å². The minimum atomic E-state index is -0.503. The quantitative estimate of drug-likeness (QED) is 0.542. The molecule has 2 aromatic carbocycles. The number of hydrogen-bond donors (Lipinski definition) is 1. The molecule has 5 heteroatoms. The SMILES string of the molecule is CC[C@H](Oc1cccc(OC)c1)C(=O)NCCSc1ccc(C)cc1. The highest BCUT2D eigenvalue weighted by Crippen LogP contribution is 2.21. The molecule has 0 bridgehead atoms. The number of nitrogens with one attached hydrogen (secondary N) is 1. The first-order chi connectivity index (χ1) is 12.1. The van der Waals surface area contributed by atoms with Gasteiger partial charge in [0.05, 0.1) is 7.11 Å². The number of aryl methyl sites for hydroxylation is 1. The molecule has 0 aliphatic carbocycles. The Kier molecular flexibility index (Phi) is 7.67. The van der Waals surface area contributed by atoms with Crippen molar-refractivity contribution in [3.63, 3.8) is 0 Å². The number of thioether (sulfide) groups is 1. The Bertz CT molecular complexity index is 673. The molecule has 2 aromatic rings. The molecule has 0 spiro atoms. The van der Waals surface area contributed by atoms with E-state index in [1.165, 1.54) is 10.5 Å². The third-order valence-corrected chi connectivity index (χ3v) is 4.69. The van der Waals surface area contributed by atoms with Gasteiger partial charge in [-0.2, -0.15) is 0 Å². The van der Waals surface area contributed by atoms with E-state index >= 15 is 0 Å². The molecule has 1 amide bonds. The second-order valence-corrected chi connectivity index (χ2v) is 6.81. The third-order valence-electron chi connectivity index (χ3n) is 3.67. The zero-order valence-corrected chi connectivity index (χ0v) is 15.8. The molecule has 0 saturated heterocycles. The fraction of sp³-hybridized carbons (Fsp3) is 0.350. The van der Waals surface area contributed by atoms with E-state index in [9.17, 15) is 4.79 Å². The molecule has 0 fully saturated rings. The maximum absolute atomic E-state index is 12.3. The Morgan fingerprint density at radius 2 is 1.88 bits per heavy atom. The highest BCUT2D eigenvalue weighted by atomic mass is 32.2.